The van der Waals surface area contributed by atoms with Gasteiger partial charge in [0.25, 0.3) is 11.8 Å². The molecular formula is C23H22BrN3O3. The standard InChI is InChI=1S/C23H22BrN3O3/c24-17-6-7-20-16(10-17)11-21(30-20)23(29)27-13-19(14-27)25-18-8-9-26(12-18)22(28)15-4-2-1-3-5-15/h1-7,10-11,18-19,25H,8-9,12-14H2/t18-/m0/s1. The first kappa shape index (κ1) is 19.3. The highest BCUT2D eigenvalue weighted by molar-refractivity contribution is 9.10. The molecule has 2 aliphatic rings. The first-order valence-corrected chi connectivity index (χ1v) is 10.9. The number of hydrogen-bond donors (Lipinski definition) is 1. The topological polar surface area (TPSA) is 65.8 Å². The average molecular weight is 468 g/mol. The van der Waals surface area contributed by atoms with Crippen molar-refractivity contribution < 1.29 is 14.0 Å². The van der Waals surface area contributed by atoms with Crippen LogP contribution in [-0.2, 0) is 0 Å². The van der Waals surface area contributed by atoms with E-state index < -0.39 is 0 Å². The summed E-state index contributed by atoms with van der Waals surface area (Å²) < 4.78 is 6.67. The Morgan fingerprint density at radius 1 is 0.933 bits per heavy atom. The molecule has 5 rings (SSSR count). The van der Waals surface area contributed by atoms with Crippen LogP contribution < -0.4 is 5.32 Å². The molecule has 3 heterocycles. The van der Waals surface area contributed by atoms with Crippen LogP contribution in [0.1, 0.15) is 27.3 Å². The van der Waals surface area contributed by atoms with Crippen LogP contribution in [0.5, 0.6) is 0 Å². The van der Waals surface area contributed by atoms with E-state index in [2.05, 4.69) is 21.2 Å². The molecule has 30 heavy (non-hydrogen) atoms. The van der Waals surface area contributed by atoms with E-state index >= 15 is 0 Å². The maximum Gasteiger partial charge on any atom is 0.289 e. The molecule has 3 aromatic rings. The molecule has 1 aromatic heterocycles. The van der Waals surface area contributed by atoms with Crippen LogP contribution in [0.15, 0.2) is 63.5 Å². The molecule has 0 spiro atoms. The van der Waals surface area contributed by atoms with E-state index in [4.69, 9.17) is 4.42 Å². The van der Waals surface area contributed by atoms with Crippen molar-refractivity contribution in [1.29, 1.82) is 0 Å². The van der Waals surface area contributed by atoms with Crippen LogP contribution in [0.25, 0.3) is 11.0 Å². The first-order chi connectivity index (χ1) is 14.6. The number of benzene rings is 2. The number of halogens is 1. The molecule has 2 aliphatic heterocycles. The van der Waals surface area contributed by atoms with Crippen molar-refractivity contribution in [2.45, 2.75) is 18.5 Å². The van der Waals surface area contributed by atoms with Crippen LogP contribution in [0.4, 0.5) is 0 Å². The Morgan fingerprint density at radius 2 is 1.70 bits per heavy atom. The quantitative estimate of drug-likeness (QED) is 0.637. The number of fused-ring (bicyclic) bond motifs is 1. The number of likely N-dealkylation sites (tertiary alicyclic amines) is 2. The van der Waals surface area contributed by atoms with Crippen LogP contribution in [0, 0.1) is 0 Å². The fourth-order valence-corrected chi connectivity index (χ4v) is 4.58. The minimum absolute atomic E-state index is 0.0762. The summed E-state index contributed by atoms with van der Waals surface area (Å²) in [6.07, 6.45) is 0.932. The summed E-state index contributed by atoms with van der Waals surface area (Å²) in [5, 5.41) is 4.51. The van der Waals surface area contributed by atoms with Gasteiger partial charge in [-0.05, 0) is 42.8 Å². The van der Waals surface area contributed by atoms with E-state index in [1.807, 2.05) is 53.4 Å². The van der Waals surface area contributed by atoms with Gasteiger partial charge in [-0.15, -0.1) is 0 Å². The lowest BCUT2D eigenvalue weighted by Gasteiger charge is -2.40. The van der Waals surface area contributed by atoms with Crippen LogP contribution >= 0.6 is 15.9 Å². The van der Waals surface area contributed by atoms with E-state index in [0.29, 0.717) is 31.0 Å². The Hall–Kier alpha value is -2.64. The lowest BCUT2D eigenvalue weighted by atomic mass is 10.1. The highest BCUT2D eigenvalue weighted by Gasteiger charge is 2.36. The van der Waals surface area contributed by atoms with Gasteiger partial charge >= 0.3 is 0 Å². The van der Waals surface area contributed by atoms with Crippen LogP contribution in [0.2, 0.25) is 0 Å². The van der Waals surface area contributed by atoms with Gasteiger partial charge in [-0.1, -0.05) is 34.1 Å². The van der Waals surface area contributed by atoms with Crippen molar-refractivity contribution in [1.82, 2.24) is 15.1 Å². The number of furan rings is 1. The Morgan fingerprint density at radius 3 is 2.50 bits per heavy atom. The molecule has 1 atom stereocenters. The number of carbonyl (C=O) groups is 2. The number of amides is 2. The second-order valence-electron chi connectivity index (χ2n) is 7.97. The highest BCUT2D eigenvalue weighted by atomic mass is 79.9. The van der Waals surface area contributed by atoms with Crippen molar-refractivity contribution in [2.75, 3.05) is 26.2 Å². The molecule has 1 N–H and O–H groups in total. The minimum Gasteiger partial charge on any atom is -0.451 e. The molecule has 154 valence electrons. The third-order valence-corrected chi connectivity index (χ3v) is 6.32. The summed E-state index contributed by atoms with van der Waals surface area (Å²) in [4.78, 5) is 29.0. The predicted molar refractivity (Wildman–Crippen MR) is 117 cm³/mol. The van der Waals surface area contributed by atoms with Crippen molar-refractivity contribution >= 4 is 38.7 Å². The Kier molecular flexibility index (Phi) is 5.08. The van der Waals surface area contributed by atoms with Gasteiger partial charge in [0.05, 0.1) is 0 Å². The third-order valence-electron chi connectivity index (χ3n) is 5.83. The number of nitrogens with zero attached hydrogens (tertiary/aromatic N) is 2. The number of rotatable bonds is 4. The Balaban J connectivity index is 1.13. The SMILES string of the molecule is O=C(c1ccccc1)N1CC[C@H](NC2CN(C(=O)c3cc4cc(Br)ccc4o3)C2)C1. The lowest BCUT2D eigenvalue weighted by Crippen LogP contribution is -2.62. The van der Waals surface area contributed by atoms with Crippen molar-refractivity contribution in [3.05, 3.63) is 70.4 Å². The number of nitrogens with one attached hydrogen (secondary N) is 1. The molecule has 0 bridgehead atoms. The molecule has 0 unspecified atom stereocenters. The molecule has 0 saturated carbocycles. The van der Waals surface area contributed by atoms with Gasteiger partial charge in [0, 0.05) is 53.7 Å². The summed E-state index contributed by atoms with van der Waals surface area (Å²) in [7, 11) is 0. The molecule has 6 nitrogen and oxygen atoms in total. The zero-order valence-corrected chi connectivity index (χ0v) is 18.0. The normalized spacial score (nSPS) is 19.3. The van der Waals surface area contributed by atoms with E-state index in [1.165, 1.54) is 0 Å². The van der Waals surface area contributed by atoms with Gasteiger partial charge in [-0.2, -0.15) is 0 Å². The zero-order chi connectivity index (χ0) is 20.7. The predicted octanol–water partition coefficient (Wildman–Crippen LogP) is 3.52. The summed E-state index contributed by atoms with van der Waals surface area (Å²) in [5.41, 5.74) is 1.45. The summed E-state index contributed by atoms with van der Waals surface area (Å²) in [5.74, 6) is 0.386. The van der Waals surface area contributed by atoms with Crippen molar-refractivity contribution in [3.8, 4) is 0 Å². The van der Waals surface area contributed by atoms with Gasteiger partial charge < -0.3 is 19.5 Å². The smallest absolute Gasteiger partial charge is 0.289 e. The van der Waals surface area contributed by atoms with Crippen LogP contribution in [0.3, 0.4) is 0 Å². The van der Waals surface area contributed by atoms with Gasteiger partial charge in [0.15, 0.2) is 5.76 Å². The van der Waals surface area contributed by atoms with Crippen molar-refractivity contribution in [3.63, 3.8) is 0 Å². The summed E-state index contributed by atoms with van der Waals surface area (Å²) in [6.45, 7) is 2.78. The van der Waals surface area contributed by atoms with Gasteiger partial charge in [0.1, 0.15) is 5.58 Å². The van der Waals surface area contributed by atoms with E-state index in [0.717, 1.165) is 28.4 Å². The van der Waals surface area contributed by atoms with Gasteiger partial charge in [-0.25, -0.2) is 0 Å². The molecule has 7 heteroatoms. The largest absolute Gasteiger partial charge is 0.451 e. The van der Waals surface area contributed by atoms with Gasteiger partial charge in [-0.3, -0.25) is 9.59 Å². The molecular weight excluding hydrogens is 446 g/mol. The number of carbonyl (C=O) groups excluding carboxylic acids is 2. The second kappa shape index (κ2) is 7.89. The first-order valence-electron chi connectivity index (χ1n) is 10.2. The second-order valence-corrected chi connectivity index (χ2v) is 8.88. The average Bonchev–Trinajstić information content (AvgIpc) is 3.36. The van der Waals surface area contributed by atoms with Gasteiger partial charge in [0.2, 0.25) is 0 Å². The summed E-state index contributed by atoms with van der Waals surface area (Å²) >= 11 is 3.44. The maximum absolute atomic E-state index is 12.7. The zero-order valence-electron chi connectivity index (χ0n) is 16.4. The van der Waals surface area contributed by atoms with E-state index in [-0.39, 0.29) is 23.9 Å². The third kappa shape index (κ3) is 3.75. The fraction of sp³-hybridized carbons (Fsp3) is 0.304. The van der Waals surface area contributed by atoms with Crippen LogP contribution in [-0.4, -0.2) is 59.9 Å². The van der Waals surface area contributed by atoms with E-state index in [1.54, 1.807) is 11.0 Å². The molecule has 2 saturated heterocycles. The monoisotopic (exact) mass is 467 g/mol. The van der Waals surface area contributed by atoms with Crippen molar-refractivity contribution in [2.24, 2.45) is 0 Å². The highest BCUT2D eigenvalue weighted by Crippen LogP contribution is 2.25. The lowest BCUT2D eigenvalue weighted by molar-refractivity contribution is 0.0523. The molecule has 2 fully saturated rings. The fourth-order valence-electron chi connectivity index (χ4n) is 4.20. The Bertz CT molecular complexity index is 1090. The van der Waals surface area contributed by atoms with E-state index in [9.17, 15) is 9.59 Å². The minimum atomic E-state index is -0.0762. The Labute approximate surface area is 182 Å². The maximum atomic E-state index is 12.7. The molecule has 2 aromatic carbocycles. The molecule has 0 radical (unpaired) electrons. The summed E-state index contributed by atoms with van der Waals surface area (Å²) in [6, 6.07) is 17.4. The molecule has 2 amide bonds. The number of hydrogen-bond acceptors (Lipinski definition) is 4. The molecule has 0 aliphatic carbocycles.